The third kappa shape index (κ3) is 3.17. The second-order valence-electron chi connectivity index (χ2n) is 4.89. The summed E-state index contributed by atoms with van der Waals surface area (Å²) in [7, 11) is -3.32. The van der Waals surface area contributed by atoms with Crippen molar-refractivity contribution in [3.05, 3.63) is 29.8 Å². The van der Waals surface area contributed by atoms with E-state index in [-0.39, 0.29) is 16.8 Å². The van der Waals surface area contributed by atoms with Gasteiger partial charge in [0.1, 0.15) is 0 Å². The summed E-state index contributed by atoms with van der Waals surface area (Å²) >= 11 is 0. The Kier molecular flexibility index (Phi) is 4.42. The van der Waals surface area contributed by atoms with Crippen LogP contribution in [0.4, 0.5) is 0 Å². The molecule has 1 amide bonds. The fourth-order valence-corrected chi connectivity index (χ4v) is 2.93. The second-order valence-corrected chi connectivity index (χ2v) is 6.91. The summed E-state index contributed by atoms with van der Waals surface area (Å²) in [5.74, 6) is -0.174. The van der Waals surface area contributed by atoms with Gasteiger partial charge in [0.2, 0.25) is 0 Å². The van der Waals surface area contributed by atoms with Gasteiger partial charge in [0, 0.05) is 38.0 Å². The SMILES string of the molecule is CS(=O)(=O)c1cccc(C(=O)N2CCNCC2CN)c1. The molecular weight excluding hydrogens is 278 g/mol. The van der Waals surface area contributed by atoms with Crippen LogP contribution in [0.25, 0.3) is 0 Å². The number of sulfone groups is 1. The third-order valence-electron chi connectivity index (χ3n) is 3.39. The van der Waals surface area contributed by atoms with E-state index in [0.717, 1.165) is 6.26 Å². The predicted molar refractivity (Wildman–Crippen MR) is 76.3 cm³/mol. The van der Waals surface area contributed by atoms with Gasteiger partial charge < -0.3 is 16.0 Å². The monoisotopic (exact) mass is 297 g/mol. The maximum atomic E-state index is 12.5. The molecule has 2 rings (SSSR count). The van der Waals surface area contributed by atoms with E-state index in [4.69, 9.17) is 5.73 Å². The number of amides is 1. The van der Waals surface area contributed by atoms with Crippen LogP contribution < -0.4 is 11.1 Å². The summed E-state index contributed by atoms with van der Waals surface area (Å²) in [6.07, 6.45) is 1.13. The Morgan fingerprint density at radius 2 is 2.25 bits per heavy atom. The van der Waals surface area contributed by atoms with Crippen molar-refractivity contribution in [1.29, 1.82) is 0 Å². The number of piperazine rings is 1. The van der Waals surface area contributed by atoms with Crippen LogP contribution in [0.3, 0.4) is 0 Å². The number of benzene rings is 1. The first-order chi connectivity index (χ1) is 9.43. The molecule has 3 N–H and O–H groups in total. The second kappa shape index (κ2) is 5.90. The zero-order valence-corrected chi connectivity index (χ0v) is 12.2. The standard InChI is InChI=1S/C13H19N3O3S/c1-20(18,19)12-4-2-3-10(7-12)13(17)16-6-5-15-9-11(16)8-14/h2-4,7,11,15H,5-6,8-9,14H2,1H3. The molecule has 6 nitrogen and oxygen atoms in total. The molecule has 0 spiro atoms. The summed E-state index contributed by atoms with van der Waals surface area (Å²) in [6, 6.07) is 6.08. The maximum absolute atomic E-state index is 12.5. The van der Waals surface area contributed by atoms with Gasteiger partial charge in [-0.15, -0.1) is 0 Å². The maximum Gasteiger partial charge on any atom is 0.254 e. The average molecular weight is 297 g/mol. The lowest BCUT2D eigenvalue weighted by molar-refractivity contribution is 0.0644. The molecule has 110 valence electrons. The summed E-state index contributed by atoms with van der Waals surface area (Å²) in [5.41, 5.74) is 6.06. The van der Waals surface area contributed by atoms with Gasteiger partial charge in [-0.2, -0.15) is 0 Å². The Morgan fingerprint density at radius 3 is 2.90 bits per heavy atom. The number of nitrogens with two attached hydrogens (primary N) is 1. The van der Waals surface area contributed by atoms with Gasteiger partial charge in [-0.3, -0.25) is 4.79 Å². The molecule has 0 saturated carbocycles. The smallest absolute Gasteiger partial charge is 0.254 e. The fourth-order valence-electron chi connectivity index (χ4n) is 2.26. The van der Waals surface area contributed by atoms with Gasteiger partial charge in [0.15, 0.2) is 9.84 Å². The Balaban J connectivity index is 2.29. The lowest BCUT2D eigenvalue weighted by Gasteiger charge is -2.35. The summed E-state index contributed by atoms with van der Waals surface area (Å²) in [6.45, 7) is 2.33. The number of carbonyl (C=O) groups is 1. The topological polar surface area (TPSA) is 92.5 Å². The highest BCUT2D eigenvalue weighted by Crippen LogP contribution is 2.15. The molecule has 1 heterocycles. The normalized spacial score (nSPS) is 19.9. The van der Waals surface area contributed by atoms with Crippen LogP contribution in [-0.2, 0) is 9.84 Å². The molecule has 1 aromatic carbocycles. The van der Waals surface area contributed by atoms with Crippen LogP contribution >= 0.6 is 0 Å². The van der Waals surface area contributed by atoms with Gasteiger partial charge >= 0.3 is 0 Å². The van der Waals surface area contributed by atoms with E-state index in [9.17, 15) is 13.2 Å². The van der Waals surface area contributed by atoms with Crippen LogP contribution in [0.1, 0.15) is 10.4 Å². The molecule has 1 saturated heterocycles. The molecule has 1 aliphatic heterocycles. The van der Waals surface area contributed by atoms with Crippen molar-refractivity contribution in [2.75, 3.05) is 32.4 Å². The van der Waals surface area contributed by atoms with Crippen LogP contribution in [-0.4, -0.2) is 57.7 Å². The van der Waals surface area contributed by atoms with Crippen molar-refractivity contribution in [1.82, 2.24) is 10.2 Å². The summed E-state index contributed by atoms with van der Waals surface area (Å²) < 4.78 is 23.1. The summed E-state index contributed by atoms with van der Waals surface area (Å²) in [5, 5.41) is 3.19. The van der Waals surface area contributed by atoms with E-state index in [1.807, 2.05) is 0 Å². The molecule has 1 fully saturated rings. The van der Waals surface area contributed by atoms with Gasteiger partial charge in [-0.25, -0.2) is 8.42 Å². The molecule has 20 heavy (non-hydrogen) atoms. The number of nitrogens with zero attached hydrogens (tertiary/aromatic N) is 1. The predicted octanol–water partition coefficient (Wildman–Crippen LogP) is -0.537. The lowest BCUT2D eigenvalue weighted by atomic mass is 10.1. The average Bonchev–Trinajstić information content (AvgIpc) is 2.45. The minimum atomic E-state index is -3.32. The summed E-state index contributed by atoms with van der Waals surface area (Å²) in [4.78, 5) is 14.4. The van der Waals surface area contributed by atoms with Crippen LogP contribution in [0.5, 0.6) is 0 Å². The molecule has 0 aliphatic carbocycles. The van der Waals surface area contributed by atoms with Crippen LogP contribution in [0.2, 0.25) is 0 Å². The minimum absolute atomic E-state index is 0.0573. The van der Waals surface area contributed by atoms with Crippen LogP contribution in [0.15, 0.2) is 29.2 Å². The molecule has 0 bridgehead atoms. The third-order valence-corrected chi connectivity index (χ3v) is 4.50. The first-order valence-electron chi connectivity index (χ1n) is 6.45. The van der Waals surface area contributed by atoms with E-state index in [1.165, 1.54) is 12.1 Å². The number of hydrogen-bond donors (Lipinski definition) is 2. The highest BCUT2D eigenvalue weighted by atomic mass is 32.2. The number of rotatable bonds is 3. The van der Waals surface area contributed by atoms with Crippen molar-refractivity contribution >= 4 is 15.7 Å². The quantitative estimate of drug-likeness (QED) is 0.782. The molecule has 0 radical (unpaired) electrons. The first-order valence-corrected chi connectivity index (χ1v) is 8.34. The van der Waals surface area contributed by atoms with Crippen molar-refractivity contribution in [2.24, 2.45) is 5.73 Å². The molecule has 7 heteroatoms. The number of carbonyl (C=O) groups excluding carboxylic acids is 1. The van der Waals surface area contributed by atoms with Crippen molar-refractivity contribution < 1.29 is 13.2 Å². The highest BCUT2D eigenvalue weighted by molar-refractivity contribution is 7.90. The van der Waals surface area contributed by atoms with E-state index in [2.05, 4.69) is 5.32 Å². The zero-order chi connectivity index (χ0) is 14.8. The number of nitrogens with one attached hydrogen (secondary N) is 1. The van der Waals surface area contributed by atoms with E-state index in [1.54, 1.807) is 17.0 Å². The Bertz CT molecular complexity index is 601. The largest absolute Gasteiger partial charge is 0.332 e. The molecule has 1 aromatic rings. The Morgan fingerprint density at radius 1 is 1.50 bits per heavy atom. The molecule has 0 aromatic heterocycles. The van der Waals surface area contributed by atoms with E-state index in [0.29, 0.717) is 31.7 Å². The molecule has 1 atom stereocenters. The Hall–Kier alpha value is -1.44. The lowest BCUT2D eigenvalue weighted by Crippen LogP contribution is -2.56. The van der Waals surface area contributed by atoms with Gasteiger partial charge in [0.05, 0.1) is 10.9 Å². The first kappa shape index (κ1) is 15.0. The van der Waals surface area contributed by atoms with E-state index < -0.39 is 9.84 Å². The van der Waals surface area contributed by atoms with E-state index >= 15 is 0 Å². The highest BCUT2D eigenvalue weighted by Gasteiger charge is 2.26. The molecule has 1 unspecified atom stereocenters. The van der Waals surface area contributed by atoms with Crippen molar-refractivity contribution in [2.45, 2.75) is 10.9 Å². The van der Waals surface area contributed by atoms with Crippen molar-refractivity contribution in [3.63, 3.8) is 0 Å². The van der Waals surface area contributed by atoms with Crippen LogP contribution in [0, 0.1) is 0 Å². The molecular formula is C13H19N3O3S. The number of hydrogen-bond acceptors (Lipinski definition) is 5. The minimum Gasteiger partial charge on any atom is -0.332 e. The van der Waals surface area contributed by atoms with Gasteiger partial charge in [-0.1, -0.05) is 6.07 Å². The molecule has 1 aliphatic rings. The zero-order valence-electron chi connectivity index (χ0n) is 11.4. The Labute approximate surface area is 118 Å². The van der Waals surface area contributed by atoms with Gasteiger partial charge in [-0.05, 0) is 18.2 Å². The van der Waals surface area contributed by atoms with Gasteiger partial charge in [0.25, 0.3) is 5.91 Å². The van der Waals surface area contributed by atoms with Crippen molar-refractivity contribution in [3.8, 4) is 0 Å². The fraction of sp³-hybridized carbons (Fsp3) is 0.462.